The van der Waals surface area contributed by atoms with Gasteiger partial charge in [-0.3, -0.25) is 0 Å². The lowest BCUT2D eigenvalue weighted by Gasteiger charge is -2.31. The van der Waals surface area contributed by atoms with E-state index in [0.717, 1.165) is 57.7 Å². The number of carbonyl (C=O) groups excluding carboxylic acids is 1. The molecule has 0 aromatic heterocycles. The zero-order valence-electron chi connectivity index (χ0n) is 14.3. The van der Waals surface area contributed by atoms with Crippen molar-refractivity contribution in [3.05, 3.63) is 23.8 Å². The van der Waals surface area contributed by atoms with Gasteiger partial charge in [0.25, 0.3) is 0 Å². The molecule has 0 aliphatic carbocycles. The average molecular weight is 316 g/mol. The normalized spacial score (nSPS) is 18.8. The highest BCUT2D eigenvalue weighted by molar-refractivity contribution is 5.90. The fraction of sp³-hybridized carbons (Fsp3) is 0.611. The van der Waals surface area contributed by atoms with Crippen LogP contribution in [0.25, 0.3) is 0 Å². The van der Waals surface area contributed by atoms with Gasteiger partial charge in [-0.05, 0) is 50.4 Å². The molecule has 2 amide bonds. The topological polar surface area (TPSA) is 47.6 Å². The fourth-order valence-corrected chi connectivity index (χ4v) is 3.60. The predicted octanol–water partition coefficient (Wildman–Crippen LogP) is 2.67. The quantitative estimate of drug-likeness (QED) is 0.898. The Kier molecular flexibility index (Phi) is 5.06. The summed E-state index contributed by atoms with van der Waals surface area (Å²) >= 11 is 0. The van der Waals surface area contributed by atoms with Gasteiger partial charge in [-0.15, -0.1) is 0 Å². The Morgan fingerprint density at radius 3 is 2.65 bits per heavy atom. The van der Waals surface area contributed by atoms with Crippen molar-refractivity contribution in [3.8, 4) is 0 Å². The van der Waals surface area contributed by atoms with Gasteiger partial charge in [0, 0.05) is 43.6 Å². The second-order valence-electron chi connectivity index (χ2n) is 6.48. The molecule has 0 radical (unpaired) electrons. The monoisotopic (exact) mass is 316 g/mol. The lowest BCUT2D eigenvalue weighted by molar-refractivity contribution is 0.203. The highest BCUT2D eigenvalue weighted by Gasteiger charge is 2.21. The third-order valence-corrected chi connectivity index (χ3v) is 5.09. The van der Waals surface area contributed by atoms with Crippen LogP contribution in [0.2, 0.25) is 0 Å². The van der Waals surface area contributed by atoms with Gasteiger partial charge in [0.1, 0.15) is 0 Å². The molecule has 0 saturated carbocycles. The molecule has 1 fully saturated rings. The first-order chi connectivity index (χ1) is 11.2. The molecular weight excluding hydrogens is 288 g/mol. The molecule has 5 nitrogen and oxygen atoms in total. The van der Waals surface area contributed by atoms with Crippen molar-refractivity contribution in [2.24, 2.45) is 0 Å². The van der Waals surface area contributed by atoms with Crippen molar-refractivity contribution in [2.45, 2.75) is 39.2 Å². The third kappa shape index (κ3) is 3.78. The summed E-state index contributed by atoms with van der Waals surface area (Å²) in [5.74, 6) is 0. The number of likely N-dealkylation sites (N-methyl/N-ethyl adjacent to an activating group) is 1. The number of fused-ring (bicyclic) bond motifs is 1. The van der Waals surface area contributed by atoms with Crippen molar-refractivity contribution >= 4 is 17.4 Å². The Balaban J connectivity index is 1.54. The third-order valence-electron chi connectivity index (χ3n) is 5.09. The van der Waals surface area contributed by atoms with E-state index in [1.54, 1.807) is 0 Å². The highest BCUT2D eigenvalue weighted by Crippen LogP contribution is 2.30. The van der Waals surface area contributed by atoms with Gasteiger partial charge in [-0.1, -0.05) is 13.0 Å². The maximum atomic E-state index is 12.2. The molecule has 5 heteroatoms. The largest absolute Gasteiger partial charge is 0.371 e. The zero-order valence-corrected chi connectivity index (χ0v) is 14.3. The second kappa shape index (κ2) is 7.21. The number of anilines is 2. The van der Waals surface area contributed by atoms with Crippen molar-refractivity contribution in [1.29, 1.82) is 0 Å². The number of rotatable bonds is 4. The van der Waals surface area contributed by atoms with E-state index < -0.39 is 0 Å². The maximum absolute atomic E-state index is 12.2. The van der Waals surface area contributed by atoms with Gasteiger partial charge in [0.05, 0.1) is 0 Å². The molecule has 126 valence electrons. The summed E-state index contributed by atoms with van der Waals surface area (Å²) in [5, 5.41) is 6.11. The summed E-state index contributed by atoms with van der Waals surface area (Å²) in [6, 6.07) is 6.46. The molecule has 0 atom stereocenters. The van der Waals surface area contributed by atoms with Crippen LogP contribution in [-0.4, -0.2) is 49.7 Å². The van der Waals surface area contributed by atoms with Crippen molar-refractivity contribution < 1.29 is 4.79 Å². The fourth-order valence-electron chi connectivity index (χ4n) is 3.60. The number of amides is 2. The smallest absolute Gasteiger partial charge is 0.319 e. The van der Waals surface area contributed by atoms with Crippen LogP contribution in [0, 0.1) is 0 Å². The molecule has 23 heavy (non-hydrogen) atoms. The molecule has 2 aliphatic rings. The lowest BCUT2D eigenvalue weighted by Crippen LogP contribution is -2.45. The SMILES string of the molecule is CCN1CCC(NC(=O)Nc2ccc3c(c2)N(CC)CC3)CC1. The first kappa shape index (κ1) is 16.1. The number of urea groups is 1. The minimum Gasteiger partial charge on any atom is -0.371 e. The van der Waals surface area contributed by atoms with Crippen LogP contribution in [0.1, 0.15) is 32.3 Å². The summed E-state index contributed by atoms with van der Waals surface area (Å²) in [4.78, 5) is 17.0. The number of hydrogen-bond acceptors (Lipinski definition) is 3. The van der Waals surface area contributed by atoms with E-state index in [4.69, 9.17) is 0 Å². The summed E-state index contributed by atoms with van der Waals surface area (Å²) in [7, 11) is 0. The number of benzene rings is 1. The van der Waals surface area contributed by atoms with Gasteiger partial charge in [0.15, 0.2) is 0 Å². The van der Waals surface area contributed by atoms with E-state index in [1.807, 2.05) is 6.07 Å². The number of nitrogens with zero attached hydrogens (tertiary/aromatic N) is 2. The molecule has 2 heterocycles. The number of piperidine rings is 1. The van der Waals surface area contributed by atoms with E-state index in [9.17, 15) is 4.79 Å². The Morgan fingerprint density at radius 1 is 1.17 bits per heavy atom. The maximum Gasteiger partial charge on any atom is 0.319 e. The number of likely N-dealkylation sites (tertiary alicyclic amines) is 1. The van der Waals surface area contributed by atoms with Crippen molar-refractivity contribution in [2.75, 3.05) is 42.9 Å². The van der Waals surface area contributed by atoms with Gasteiger partial charge in [0.2, 0.25) is 0 Å². The van der Waals surface area contributed by atoms with Crippen molar-refractivity contribution in [1.82, 2.24) is 10.2 Å². The Hall–Kier alpha value is -1.75. The molecule has 2 N–H and O–H groups in total. The average Bonchev–Trinajstić information content (AvgIpc) is 2.97. The van der Waals surface area contributed by atoms with E-state index in [0.29, 0.717) is 6.04 Å². The Labute approximate surface area is 139 Å². The molecular formula is C18H28N4O. The summed E-state index contributed by atoms with van der Waals surface area (Å²) in [5.41, 5.74) is 3.53. The first-order valence-corrected chi connectivity index (χ1v) is 8.87. The molecule has 0 unspecified atom stereocenters. The van der Waals surface area contributed by atoms with E-state index in [1.165, 1.54) is 11.3 Å². The highest BCUT2D eigenvalue weighted by atomic mass is 16.2. The van der Waals surface area contributed by atoms with Crippen LogP contribution in [0.3, 0.4) is 0 Å². The van der Waals surface area contributed by atoms with Crippen LogP contribution in [0.15, 0.2) is 18.2 Å². The standard InChI is InChI=1S/C18H28N4O/c1-3-21-10-8-15(9-11-21)19-18(23)20-16-6-5-14-7-12-22(4-2)17(14)13-16/h5-6,13,15H,3-4,7-12H2,1-2H3,(H2,19,20,23). The number of nitrogens with one attached hydrogen (secondary N) is 2. The number of hydrogen-bond donors (Lipinski definition) is 2. The van der Waals surface area contributed by atoms with Crippen LogP contribution >= 0.6 is 0 Å². The van der Waals surface area contributed by atoms with Gasteiger partial charge >= 0.3 is 6.03 Å². The van der Waals surface area contributed by atoms with Crippen LogP contribution in [-0.2, 0) is 6.42 Å². The van der Waals surface area contributed by atoms with Crippen LogP contribution in [0.4, 0.5) is 16.2 Å². The molecule has 0 spiro atoms. The summed E-state index contributed by atoms with van der Waals surface area (Å²) < 4.78 is 0. The molecule has 1 aromatic carbocycles. The van der Waals surface area contributed by atoms with E-state index in [-0.39, 0.29) is 6.03 Å². The van der Waals surface area contributed by atoms with Crippen molar-refractivity contribution in [3.63, 3.8) is 0 Å². The zero-order chi connectivity index (χ0) is 16.2. The minimum absolute atomic E-state index is 0.0825. The van der Waals surface area contributed by atoms with Gasteiger partial charge in [-0.2, -0.15) is 0 Å². The molecule has 1 aromatic rings. The Bertz CT molecular complexity index is 552. The summed E-state index contributed by atoms with van der Waals surface area (Å²) in [6.07, 6.45) is 3.18. The Morgan fingerprint density at radius 2 is 1.96 bits per heavy atom. The van der Waals surface area contributed by atoms with E-state index >= 15 is 0 Å². The van der Waals surface area contributed by atoms with Crippen LogP contribution in [0.5, 0.6) is 0 Å². The molecule has 2 aliphatic heterocycles. The lowest BCUT2D eigenvalue weighted by atomic mass is 10.1. The summed E-state index contributed by atoms with van der Waals surface area (Å²) in [6.45, 7) is 9.70. The molecule has 1 saturated heterocycles. The first-order valence-electron chi connectivity index (χ1n) is 8.87. The minimum atomic E-state index is -0.0825. The van der Waals surface area contributed by atoms with Gasteiger partial charge < -0.3 is 20.4 Å². The predicted molar refractivity (Wildman–Crippen MR) is 95.3 cm³/mol. The number of carbonyl (C=O) groups is 1. The van der Waals surface area contributed by atoms with Gasteiger partial charge in [-0.25, -0.2) is 4.79 Å². The molecule has 0 bridgehead atoms. The van der Waals surface area contributed by atoms with E-state index in [2.05, 4.69) is 46.4 Å². The molecule has 3 rings (SSSR count). The second-order valence-corrected chi connectivity index (χ2v) is 6.48. The van der Waals surface area contributed by atoms with Crippen LogP contribution < -0.4 is 15.5 Å².